The van der Waals surface area contributed by atoms with Crippen molar-refractivity contribution in [1.29, 1.82) is 0 Å². The molecule has 0 radical (unpaired) electrons. The Morgan fingerprint density at radius 2 is 1.38 bits per heavy atom. The maximum absolute atomic E-state index is 3.45. The third-order valence-corrected chi connectivity index (χ3v) is 5.26. The number of benzene rings is 3. The van der Waals surface area contributed by atoms with Crippen molar-refractivity contribution in [2.75, 3.05) is 26.2 Å². The minimum absolute atomic E-state index is 1.02. The smallest absolute Gasteiger partial charge is 0.0243 e. The van der Waals surface area contributed by atoms with Gasteiger partial charge in [-0.2, -0.15) is 0 Å². The molecule has 132 valence electrons. The van der Waals surface area contributed by atoms with Crippen LogP contribution >= 0.6 is 0 Å². The van der Waals surface area contributed by atoms with Gasteiger partial charge in [0.25, 0.3) is 0 Å². The zero-order valence-corrected chi connectivity index (χ0v) is 15.4. The molecule has 0 unspecified atom stereocenters. The van der Waals surface area contributed by atoms with Crippen molar-refractivity contribution in [2.24, 2.45) is 0 Å². The Kier molecular flexibility index (Phi) is 5.14. The quantitative estimate of drug-likeness (QED) is 0.737. The number of nitrogens with zero attached hydrogens (tertiary/aromatic N) is 1. The van der Waals surface area contributed by atoms with Gasteiger partial charge < -0.3 is 5.32 Å². The zero-order valence-electron chi connectivity index (χ0n) is 15.4. The van der Waals surface area contributed by atoms with E-state index in [1.165, 1.54) is 33.4 Å². The van der Waals surface area contributed by atoms with Gasteiger partial charge in [-0.25, -0.2) is 0 Å². The highest BCUT2D eigenvalue weighted by atomic mass is 15.2. The van der Waals surface area contributed by atoms with Crippen molar-refractivity contribution in [2.45, 2.75) is 13.5 Å². The van der Waals surface area contributed by atoms with E-state index in [0.717, 1.165) is 32.7 Å². The molecule has 0 amide bonds. The monoisotopic (exact) mass is 342 g/mol. The molecule has 0 bridgehead atoms. The molecule has 1 fully saturated rings. The van der Waals surface area contributed by atoms with Crippen LogP contribution in [0.1, 0.15) is 11.1 Å². The third-order valence-electron chi connectivity index (χ3n) is 5.26. The first-order valence-corrected chi connectivity index (χ1v) is 9.49. The van der Waals surface area contributed by atoms with Crippen LogP contribution in [0, 0.1) is 6.92 Å². The standard InChI is InChI=1S/C24H26N2/c1-19-16-22(20-8-4-2-5-9-20)17-23(21-10-6-3-7-11-21)24(19)18-26-14-12-25-13-15-26/h2-11,16-17,25H,12-15,18H2,1H3. The molecule has 1 aliphatic heterocycles. The molecule has 3 aromatic rings. The summed E-state index contributed by atoms with van der Waals surface area (Å²) in [6, 6.07) is 26.2. The molecule has 2 nitrogen and oxygen atoms in total. The highest BCUT2D eigenvalue weighted by Gasteiger charge is 2.16. The molecule has 26 heavy (non-hydrogen) atoms. The number of piperazine rings is 1. The molecule has 1 saturated heterocycles. The van der Waals surface area contributed by atoms with Crippen LogP contribution in [0.4, 0.5) is 0 Å². The van der Waals surface area contributed by atoms with Crippen molar-refractivity contribution in [1.82, 2.24) is 10.2 Å². The van der Waals surface area contributed by atoms with Crippen molar-refractivity contribution < 1.29 is 0 Å². The molecular formula is C24H26N2. The van der Waals surface area contributed by atoms with Gasteiger partial charge in [-0.3, -0.25) is 4.90 Å². The summed E-state index contributed by atoms with van der Waals surface area (Å²) >= 11 is 0. The fourth-order valence-electron chi connectivity index (χ4n) is 3.79. The van der Waals surface area contributed by atoms with Gasteiger partial charge in [0.1, 0.15) is 0 Å². The third kappa shape index (κ3) is 3.72. The Morgan fingerprint density at radius 1 is 0.769 bits per heavy atom. The van der Waals surface area contributed by atoms with Crippen LogP contribution in [0.15, 0.2) is 72.8 Å². The van der Waals surface area contributed by atoms with E-state index in [1.807, 2.05) is 0 Å². The largest absolute Gasteiger partial charge is 0.314 e. The van der Waals surface area contributed by atoms with Crippen LogP contribution < -0.4 is 5.32 Å². The summed E-state index contributed by atoms with van der Waals surface area (Å²) in [6.45, 7) is 7.69. The fourth-order valence-corrected chi connectivity index (χ4v) is 3.79. The summed E-state index contributed by atoms with van der Waals surface area (Å²) in [4.78, 5) is 2.56. The highest BCUT2D eigenvalue weighted by molar-refractivity contribution is 5.77. The minimum Gasteiger partial charge on any atom is -0.314 e. The maximum Gasteiger partial charge on any atom is 0.0243 e. The number of rotatable bonds is 4. The molecule has 0 aliphatic carbocycles. The van der Waals surface area contributed by atoms with E-state index in [4.69, 9.17) is 0 Å². The first kappa shape index (κ1) is 17.0. The summed E-state index contributed by atoms with van der Waals surface area (Å²) < 4.78 is 0. The molecule has 0 atom stereocenters. The molecule has 2 heteroatoms. The molecule has 1 N–H and O–H groups in total. The van der Waals surface area contributed by atoms with Crippen molar-refractivity contribution in [3.63, 3.8) is 0 Å². The molecule has 1 aliphatic rings. The van der Waals surface area contributed by atoms with E-state index >= 15 is 0 Å². The molecule has 0 spiro atoms. The Labute approximate surface area is 156 Å². The van der Waals surface area contributed by atoms with Crippen molar-refractivity contribution in [3.8, 4) is 22.3 Å². The maximum atomic E-state index is 3.45. The SMILES string of the molecule is Cc1cc(-c2ccccc2)cc(-c2ccccc2)c1CN1CCNCC1. The normalized spacial score (nSPS) is 15.1. The van der Waals surface area contributed by atoms with E-state index in [1.54, 1.807) is 0 Å². The van der Waals surface area contributed by atoms with Gasteiger partial charge in [0.2, 0.25) is 0 Å². The van der Waals surface area contributed by atoms with Gasteiger partial charge in [-0.1, -0.05) is 66.7 Å². The number of hydrogen-bond acceptors (Lipinski definition) is 2. The summed E-state index contributed by atoms with van der Waals surface area (Å²) in [5.41, 5.74) is 8.08. The van der Waals surface area contributed by atoms with Crippen LogP contribution in [0.25, 0.3) is 22.3 Å². The topological polar surface area (TPSA) is 15.3 Å². The number of aryl methyl sites for hydroxylation is 1. The molecular weight excluding hydrogens is 316 g/mol. The zero-order chi connectivity index (χ0) is 17.8. The first-order chi connectivity index (χ1) is 12.8. The van der Waals surface area contributed by atoms with Crippen LogP contribution in [0.3, 0.4) is 0 Å². The van der Waals surface area contributed by atoms with Gasteiger partial charge in [0.05, 0.1) is 0 Å². The lowest BCUT2D eigenvalue weighted by Gasteiger charge is -2.29. The molecule has 3 aromatic carbocycles. The summed E-state index contributed by atoms with van der Waals surface area (Å²) in [6.07, 6.45) is 0. The number of hydrogen-bond donors (Lipinski definition) is 1. The van der Waals surface area contributed by atoms with Crippen molar-refractivity contribution >= 4 is 0 Å². The van der Waals surface area contributed by atoms with E-state index < -0.39 is 0 Å². The van der Waals surface area contributed by atoms with Gasteiger partial charge in [0, 0.05) is 32.7 Å². The van der Waals surface area contributed by atoms with E-state index in [-0.39, 0.29) is 0 Å². The van der Waals surface area contributed by atoms with E-state index in [0.29, 0.717) is 0 Å². The summed E-state index contributed by atoms with van der Waals surface area (Å²) in [7, 11) is 0. The Balaban J connectivity index is 1.79. The van der Waals surface area contributed by atoms with Gasteiger partial charge in [0.15, 0.2) is 0 Å². The Bertz CT molecular complexity index is 850. The average molecular weight is 342 g/mol. The van der Waals surface area contributed by atoms with Gasteiger partial charge >= 0.3 is 0 Å². The Morgan fingerprint density at radius 3 is 2.04 bits per heavy atom. The second-order valence-electron chi connectivity index (χ2n) is 7.08. The lowest BCUT2D eigenvalue weighted by Crippen LogP contribution is -2.43. The van der Waals surface area contributed by atoms with E-state index in [9.17, 15) is 0 Å². The van der Waals surface area contributed by atoms with Crippen LogP contribution in [0.5, 0.6) is 0 Å². The summed E-state index contributed by atoms with van der Waals surface area (Å²) in [5, 5.41) is 3.45. The lowest BCUT2D eigenvalue weighted by molar-refractivity contribution is 0.233. The highest BCUT2D eigenvalue weighted by Crippen LogP contribution is 2.33. The molecule has 0 aromatic heterocycles. The molecule has 0 saturated carbocycles. The summed E-state index contributed by atoms with van der Waals surface area (Å²) in [5.74, 6) is 0. The predicted molar refractivity (Wildman–Crippen MR) is 110 cm³/mol. The van der Waals surface area contributed by atoms with Gasteiger partial charge in [-0.05, 0) is 46.4 Å². The second-order valence-corrected chi connectivity index (χ2v) is 7.08. The second kappa shape index (κ2) is 7.86. The molecule has 4 rings (SSSR count). The van der Waals surface area contributed by atoms with E-state index in [2.05, 4.69) is 89.9 Å². The minimum atomic E-state index is 1.02. The fraction of sp³-hybridized carbons (Fsp3) is 0.250. The molecule has 1 heterocycles. The number of nitrogens with one attached hydrogen (secondary N) is 1. The first-order valence-electron chi connectivity index (χ1n) is 9.49. The van der Waals surface area contributed by atoms with Crippen LogP contribution in [0.2, 0.25) is 0 Å². The van der Waals surface area contributed by atoms with Crippen molar-refractivity contribution in [3.05, 3.63) is 83.9 Å². The lowest BCUT2D eigenvalue weighted by atomic mass is 9.90. The van der Waals surface area contributed by atoms with Gasteiger partial charge in [-0.15, -0.1) is 0 Å². The average Bonchev–Trinajstić information content (AvgIpc) is 2.71. The van der Waals surface area contributed by atoms with Crippen LogP contribution in [-0.4, -0.2) is 31.1 Å². The Hall–Kier alpha value is -2.42. The predicted octanol–water partition coefficient (Wildman–Crippen LogP) is 4.73. The van der Waals surface area contributed by atoms with Crippen LogP contribution in [-0.2, 0) is 6.54 Å².